The smallest absolute Gasteiger partial charge is 0.306 e. The van der Waals surface area contributed by atoms with Gasteiger partial charge in [-0.15, -0.1) is 0 Å². The second-order valence-corrected chi connectivity index (χ2v) is 17.7. The summed E-state index contributed by atoms with van der Waals surface area (Å²) in [7, 11) is 0. The molecule has 0 N–H and O–H groups in total. The zero-order valence-electron chi connectivity index (χ0n) is 45.2. The Bertz CT molecular complexity index is 1640. The molecule has 0 aromatic carbocycles. The lowest BCUT2D eigenvalue weighted by Crippen LogP contribution is -2.30. The van der Waals surface area contributed by atoms with Crippen molar-refractivity contribution in [1.82, 2.24) is 0 Å². The molecule has 396 valence electrons. The van der Waals surface area contributed by atoms with Crippen molar-refractivity contribution in [3.63, 3.8) is 0 Å². The van der Waals surface area contributed by atoms with Crippen LogP contribution in [-0.4, -0.2) is 37.2 Å². The van der Waals surface area contributed by atoms with Crippen molar-refractivity contribution in [2.45, 2.75) is 219 Å². The molecule has 0 saturated carbocycles. The van der Waals surface area contributed by atoms with E-state index in [9.17, 15) is 14.4 Å². The summed E-state index contributed by atoms with van der Waals surface area (Å²) in [6.07, 6.45) is 83.8. The first-order valence-corrected chi connectivity index (χ1v) is 28.0. The fraction of sp³-hybridized carbons (Fsp3) is 0.554. The van der Waals surface area contributed by atoms with Crippen LogP contribution in [-0.2, 0) is 28.6 Å². The maximum Gasteiger partial charge on any atom is 0.306 e. The standard InChI is InChI=1S/C65H100O6/c1-4-7-10-13-16-19-22-25-28-31-32-35-37-40-43-46-49-52-55-58-64(67)70-61-62(71-65(68)59-56-53-50-47-44-41-38-34-30-27-24-21-18-15-12-9-6-3)60-69-63(66)57-54-51-48-45-42-39-36-33-29-26-23-20-17-14-11-8-5-2/h8-9,11-12,16-21,25-30,32,35-36,38-41,43,49,52,62H,4-7,10,13-15,22-24,31,33-34,37,42,44-48,50-51,53-61H2,1-3H3/b11-8-,12-9-,19-16-,20-17-,21-18-,28-25-,29-26-,30-27-,35-32-,39-36-,41-38-,43-40-,52-49-/t62-/m1/s1. The van der Waals surface area contributed by atoms with Crippen LogP contribution in [0.5, 0.6) is 0 Å². The topological polar surface area (TPSA) is 78.9 Å². The molecule has 0 heterocycles. The lowest BCUT2D eigenvalue weighted by molar-refractivity contribution is -0.166. The minimum Gasteiger partial charge on any atom is -0.462 e. The second kappa shape index (κ2) is 57.6. The molecule has 0 aromatic heterocycles. The van der Waals surface area contributed by atoms with E-state index in [0.29, 0.717) is 12.8 Å². The molecule has 0 fully saturated rings. The average Bonchev–Trinajstić information content (AvgIpc) is 3.37. The Kier molecular flexibility index (Phi) is 53.6. The molecule has 0 aliphatic rings. The maximum absolute atomic E-state index is 12.8. The molecule has 0 aliphatic carbocycles. The van der Waals surface area contributed by atoms with E-state index in [1.54, 1.807) is 0 Å². The Morgan fingerprint density at radius 1 is 0.296 bits per heavy atom. The van der Waals surface area contributed by atoms with E-state index >= 15 is 0 Å². The minimum absolute atomic E-state index is 0.131. The van der Waals surface area contributed by atoms with Gasteiger partial charge in [-0.05, 0) is 135 Å². The summed E-state index contributed by atoms with van der Waals surface area (Å²) in [5, 5.41) is 0. The monoisotopic (exact) mass is 977 g/mol. The molecule has 0 aromatic rings. The van der Waals surface area contributed by atoms with Crippen LogP contribution in [0.2, 0.25) is 0 Å². The first-order chi connectivity index (χ1) is 35.0. The Balaban J connectivity index is 4.62. The quantitative estimate of drug-likeness (QED) is 0.0262. The lowest BCUT2D eigenvalue weighted by atomic mass is 10.1. The van der Waals surface area contributed by atoms with Crippen LogP contribution in [0, 0.1) is 0 Å². The third-order valence-corrected chi connectivity index (χ3v) is 11.0. The van der Waals surface area contributed by atoms with E-state index in [0.717, 1.165) is 141 Å². The molecule has 6 nitrogen and oxygen atoms in total. The van der Waals surface area contributed by atoms with Crippen LogP contribution in [0.15, 0.2) is 158 Å². The molecule has 0 rings (SSSR count). The highest BCUT2D eigenvalue weighted by atomic mass is 16.6. The van der Waals surface area contributed by atoms with Crippen molar-refractivity contribution >= 4 is 17.9 Å². The zero-order valence-corrected chi connectivity index (χ0v) is 45.2. The van der Waals surface area contributed by atoms with Crippen molar-refractivity contribution < 1.29 is 28.6 Å². The predicted molar refractivity (Wildman–Crippen MR) is 306 cm³/mol. The molecule has 0 spiro atoms. The Hall–Kier alpha value is -4.97. The van der Waals surface area contributed by atoms with E-state index in [1.165, 1.54) is 25.7 Å². The predicted octanol–water partition coefficient (Wildman–Crippen LogP) is 19.0. The number of hydrogen-bond donors (Lipinski definition) is 0. The summed E-state index contributed by atoms with van der Waals surface area (Å²) in [5.41, 5.74) is 0. The molecule has 71 heavy (non-hydrogen) atoms. The van der Waals surface area contributed by atoms with Gasteiger partial charge in [0.2, 0.25) is 0 Å². The molecule has 6 heteroatoms. The van der Waals surface area contributed by atoms with Crippen molar-refractivity contribution in [1.29, 1.82) is 0 Å². The summed E-state index contributed by atoms with van der Waals surface area (Å²) in [6, 6.07) is 0. The molecule has 0 amide bonds. The summed E-state index contributed by atoms with van der Waals surface area (Å²) >= 11 is 0. The van der Waals surface area contributed by atoms with E-state index in [-0.39, 0.29) is 44.0 Å². The van der Waals surface area contributed by atoms with Gasteiger partial charge in [0.25, 0.3) is 0 Å². The van der Waals surface area contributed by atoms with Gasteiger partial charge in [-0.2, -0.15) is 0 Å². The molecule has 0 unspecified atom stereocenters. The van der Waals surface area contributed by atoms with Crippen LogP contribution in [0.1, 0.15) is 213 Å². The molecular formula is C65H100O6. The van der Waals surface area contributed by atoms with E-state index in [4.69, 9.17) is 14.2 Å². The molecule has 0 bridgehead atoms. The molecule has 1 atom stereocenters. The van der Waals surface area contributed by atoms with Crippen molar-refractivity contribution in [2.24, 2.45) is 0 Å². The van der Waals surface area contributed by atoms with Gasteiger partial charge in [0.1, 0.15) is 13.2 Å². The molecule has 0 radical (unpaired) electrons. The summed E-state index contributed by atoms with van der Waals surface area (Å²) in [5.74, 6) is -1.07. The van der Waals surface area contributed by atoms with Gasteiger partial charge in [0.15, 0.2) is 6.10 Å². The van der Waals surface area contributed by atoms with Crippen molar-refractivity contribution in [3.05, 3.63) is 158 Å². The normalized spacial score (nSPS) is 13.3. The summed E-state index contributed by atoms with van der Waals surface area (Å²) in [4.78, 5) is 38.1. The van der Waals surface area contributed by atoms with E-state index in [1.807, 2.05) is 12.2 Å². The first-order valence-electron chi connectivity index (χ1n) is 28.0. The van der Waals surface area contributed by atoms with Crippen LogP contribution >= 0.6 is 0 Å². The lowest BCUT2D eigenvalue weighted by Gasteiger charge is -2.18. The fourth-order valence-corrected chi connectivity index (χ4v) is 6.88. The Morgan fingerprint density at radius 3 is 0.930 bits per heavy atom. The first kappa shape index (κ1) is 66.0. The zero-order chi connectivity index (χ0) is 51.4. The van der Waals surface area contributed by atoms with Crippen LogP contribution < -0.4 is 0 Å². The Labute approximate surface area is 435 Å². The third-order valence-electron chi connectivity index (χ3n) is 11.0. The number of allylic oxidation sites excluding steroid dienone is 26. The number of hydrogen-bond acceptors (Lipinski definition) is 6. The third kappa shape index (κ3) is 55.8. The van der Waals surface area contributed by atoms with E-state index in [2.05, 4.69) is 167 Å². The van der Waals surface area contributed by atoms with Crippen LogP contribution in [0.25, 0.3) is 0 Å². The van der Waals surface area contributed by atoms with Gasteiger partial charge in [-0.25, -0.2) is 0 Å². The second-order valence-electron chi connectivity index (χ2n) is 17.7. The SMILES string of the molecule is CC/C=C\C/C=C\C/C=C\C/C=C\CCCCCCC(=O)OC[C@H](COC(=O)CC/C=C\C/C=C\C/C=C\C/C=C\C/C=C\CCCCC)OC(=O)CCCCCC/C=C\C/C=C\C/C=C\C/C=C\CC. The molecule has 0 aliphatic heterocycles. The number of carbonyl (C=O) groups excluding carboxylic acids is 3. The van der Waals surface area contributed by atoms with Crippen molar-refractivity contribution in [3.8, 4) is 0 Å². The summed E-state index contributed by atoms with van der Waals surface area (Å²) < 4.78 is 16.7. The number of ether oxygens (including phenoxy) is 3. The average molecular weight is 978 g/mol. The van der Waals surface area contributed by atoms with Gasteiger partial charge < -0.3 is 14.2 Å². The van der Waals surface area contributed by atoms with Crippen LogP contribution in [0.3, 0.4) is 0 Å². The van der Waals surface area contributed by atoms with Crippen LogP contribution in [0.4, 0.5) is 0 Å². The minimum atomic E-state index is -0.840. The van der Waals surface area contributed by atoms with Gasteiger partial charge >= 0.3 is 17.9 Å². The number of rotatable bonds is 48. The highest BCUT2D eigenvalue weighted by Gasteiger charge is 2.19. The molecular weight excluding hydrogens is 877 g/mol. The largest absolute Gasteiger partial charge is 0.462 e. The number of carbonyl (C=O) groups is 3. The van der Waals surface area contributed by atoms with Gasteiger partial charge in [0, 0.05) is 19.3 Å². The highest BCUT2D eigenvalue weighted by molar-refractivity contribution is 5.71. The number of esters is 3. The molecule has 0 saturated heterocycles. The maximum atomic E-state index is 12.8. The van der Waals surface area contributed by atoms with E-state index < -0.39 is 6.10 Å². The highest BCUT2D eigenvalue weighted by Crippen LogP contribution is 2.11. The summed E-state index contributed by atoms with van der Waals surface area (Å²) in [6.45, 7) is 6.26. The van der Waals surface area contributed by atoms with Crippen molar-refractivity contribution in [2.75, 3.05) is 13.2 Å². The van der Waals surface area contributed by atoms with Gasteiger partial charge in [-0.1, -0.05) is 217 Å². The fourth-order valence-electron chi connectivity index (χ4n) is 6.88. The van der Waals surface area contributed by atoms with Gasteiger partial charge in [0.05, 0.1) is 0 Å². The number of unbranched alkanes of at least 4 members (excludes halogenated alkanes) is 11. The Morgan fingerprint density at radius 2 is 0.577 bits per heavy atom. The van der Waals surface area contributed by atoms with Gasteiger partial charge in [-0.3, -0.25) is 14.4 Å².